The molecular weight excluding hydrogens is 420 g/mol. The Balaban J connectivity index is 1.62. The largest absolute Gasteiger partial charge is 0.396 e. The molecule has 0 radical (unpaired) electrons. The molecule has 1 aliphatic rings. The van der Waals surface area contributed by atoms with E-state index in [1.807, 2.05) is 31.3 Å². The lowest BCUT2D eigenvalue weighted by atomic mass is 10.0. The summed E-state index contributed by atoms with van der Waals surface area (Å²) in [6.45, 7) is 11.0. The fraction of sp³-hybridized carbons (Fsp3) is 0.400. The third-order valence-corrected chi connectivity index (χ3v) is 5.84. The Morgan fingerprint density at radius 3 is 2.81 bits per heavy atom. The Labute approximate surface area is 196 Å². The lowest BCUT2D eigenvalue weighted by Crippen LogP contribution is -2.11. The van der Waals surface area contributed by atoms with Crippen LogP contribution in [0.4, 0.5) is 5.69 Å². The normalized spacial score (nSPS) is 14.2. The lowest BCUT2D eigenvalue weighted by Gasteiger charge is -2.19. The van der Waals surface area contributed by atoms with Crippen LogP contribution in [0.2, 0.25) is 0 Å². The summed E-state index contributed by atoms with van der Waals surface area (Å²) < 4.78 is 4.29. The number of hydrogen-bond donors (Lipinski definition) is 0. The predicted molar refractivity (Wildman–Crippen MR) is 135 cm³/mol. The molecule has 172 valence electrons. The Hall–Kier alpha value is -2.80. The summed E-state index contributed by atoms with van der Waals surface area (Å²) in [5, 5.41) is 3.83. The van der Waals surface area contributed by atoms with Gasteiger partial charge in [-0.15, -0.1) is 0 Å². The van der Waals surface area contributed by atoms with Gasteiger partial charge in [0.05, 0.1) is 24.0 Å². The predicted octanol–water partition coefficient (Wildman–Crippen LogP) is 6.47. The molecule has 0 bridgehead atoms. The first-order valence-corrected chi connectivity index (χ1v) is 11.8. The molecule has 0 saturated carbocycles. The summed E-state index contributed by atoms with van der Waals surface area (Å²) >= 11 is 1.64. The highest BCUT2D eigenvalue weighted by atomic mass is 32.2. The summed E-state index contributed by atoms with van der Waals surface area (Å²) in [6.07, 6.45) is 19.5. The molecule has 1 aromatic heterocycles. The number of carbonyl (C=O) groups is 1. The van der Waals surface area contributed by atoms with E-state index in [0.29, 0.717) is 12.3 Å². The van der Waals surface area contributed by atoms with E-state index in [2.05, 4.69) is 50.6 Å². The van der Waals surface area contributed by atoms with Crippen molar-refractivity contribution in [1.82, 2.24) is 9.29 Å². The number of hydrogen-bond acceptors (Lipinski definition) is 7. The molecule has 0 N–H and O–H groups in total. The summed E-state index contributed by atoms with van der Waals surface area (Å²) in [6, 6.07) is 3.75. The summed E-state index contributed by atoms with van der Waals surface area (Å²) in [7, 11) is 0. The number of unbranched alkanes of at least 4 members (excludes halogenated alkanes) is 3. The van der Waals surface area contributed by atoms with Crippen molar-refractivity contribution in [3.05, 3.63) is 72.4 Å². The molecule has 6 nitrogen and oxygen atoms in total. The molecular formula is C25H34N4O2S. The number of nitrogens with zero attached hydrogens (tertiary/aromatic N) is 4. The zero-order valence-electron chi connectivity index (χ0n) is 19.4. The van der Waals surface area contributed by atoms with E-state index in [4.69, 9.17) is 4.84 Å². The second-order valence-electron chi connectivity index (χ2n) is 7.39. The third-order valence-electron chi connectivity index (χ3n) is 4.82. The zero-order valence-corrected chi connectivity index (χ0v) is 20.2. The molecule has 2 rings (SSSR count). The van der Waals surface area contributed by atoms with Gasteiger partial charge in [-0.3, -0.25) is 14.1 Å². The van der Waals surface area contributed by atoms with Crippen LogP contribution >= 0.6 is 12.1 Å². The molecule has 0 aromatic carbocycles. The minimum absolute atomic E-state index is 0.0196. The van der Waals surface area contributed by atoms with Crippen LogP contribution in [0.1, 0.15) is 63.4 Å². The SMILES string of the molecule is C=C(/C=C\C(=C/C)CCCCCCN1C=CN(c2ccnc(C(C)=O)c2)S1)/C=N/OCC. The van der Waals surface area contributed by atoms with Crippen LogP contribution in [0.5, 0.6) is 0 Å². The van der Waals surface area contributed by atoms with Crippen molar-refractivity contribution in [2.45, 2.75) is 52.9 Å². The summed E-state index contributed by atoms with van der Waals surface area (Å²) in [5.74, 6) is -0.0196. The first-order chi connectivity index (χ1) is 15.5. The van der Waals surface area contributed by atoms with Gasteiger partial charge in [0.25, 0.3) is 0 Å². The van der Waals surface area contributed by atoms with Gasteiger partial charge in [0.2, 0.25) is 0 Å². The highest BCUT2D eigenvalue weighted by molar-refractivity contribution is 7.98. The van der Waals surface area contributed by atoms with Crippen molar-refractivity contribution >= 4 is 29.8 Å². The molecule has 0 saturated heterocycles. The molecule has 0 fully saturated rings. The summed E-state index contributed by atoms with van der Waals surface area (Å²) in [5.41, 5.74) is 3.60. The first-order valence-electron chi connectivity index (χ1n) is 11.1. The van der Waals surface area contributed by atoms with Crippen LogP contribution in [0.15, 0.2) is 71.8 Å². The van der Waals surface area contributed by atoms with Crippen LogP contribution < -0.4 is 4.31 Å². The van der Waals surface area contributed by atoms with Crippen LogP contribution in [-0.2, 0) is 4.84 Å². The maximum Gasteiger partial charge on any atom is 0.178 e. The number of aromatic nitrogens is 1. The Kier molecular flexibility index (Phi) is 11.4. The first kappa shape index (κ1) is 25.5. The number of oxime groups is 1. The van der Waals surface area contributed by atoms with E-state index >= 15 is 0 Å². The molecule has 0 atom stereocenters. The van der Waals surface area contributed by atoms with Gasteiger partial charge in [0.1, 0.15) is 12.3 Å². The van der Waals surface area contributed by atoms with Crippen molar-refractivity contribution in [1.29, 1.82) is 0 Å². The second-order valence-corrected chi connectivity index (χ2v) is 8.42. The molecule has 2 heterocycles. The molecule has 0 amide bonds. The van der Waals surface area contributed by atoms with E-state index in [-0.39, 0.29) is 5.78 Å². The van der Waals surface area contributed by atoms with E-state index in [1.54, 1.807) is 24.5 Å². The van der Waals surface area contributed by atoms with Gasteiger partial charge in [-0.1, -0.05) is 48.4 Å². The lowest BCUT2D eigenvalue weighted by molar-refractivity contribution is 0.101. The van der Waals surface area contributed by atoms with Crippen LogP contribution in [0.3, 0.4) is 0 Å². The molecule has 32 heavy (non-hydrogen) atoms. The Morgan fingerprint density at radius 1 is 1.25 bits per heavy atom. The van der Waals surface area contributed by atoms with Gasteiger partial charge in [-0.25, -0.2) is 0 Å². The van der Waals surface area contributed by atoms with Crippen LogP contribution in [0.25, 0.3) is 0 Å². The standard InChI is InChI=1S/C25H34N4O2S/c1-5-23(13-12-21(3)20-27-31-6-2)11-9-7-8-10-16-28-17-18-29(32-28)24-14-15-26-25(19-24)22(4)30/h5,12-15,17-20H,3,6-11,16H2,1-2,4H3/b13-12-,23-5-,27-20+. The summed E-state index contributed by atoms with van der Waals surface area (Å²) in [4.78, 5) is 20.6. The smallest absolute Gasteiger partial charge is 0.178 e. The van der Waals surface area contributed by atoms with E-state index in [9.17, 15) is 4.79 Å². The fourth-order valence-corrected chi connectivity index (χ4v) is 3.87. The molecule has 1 aromatic rings. The number of Topliss-reactive ketones (excluding diaryl/α,β-unsaturated/α-hetero) is 1. The second kappa shape index (κ2) is 14.3. The Morgan fingerprint density at radius 2 is 2.06 bits per heavy atom. The minimum atomic E-state index is -0.0196. The fourth-order valence-electron chi connectivity index (χ4n) is 3.01. The Bertz CT molecular complexity index is 876. The van der Waals surface area contributed by atoms with Crippen molar-refractivity contribution in [3.63, 3.8) is 0 Å². The molecule has 0 aliphatic carbocycles. The number of carbonyl (C=O) groups excluding carboxylic acids is 1. The van der Waals surface area contributed by atoms with Crippen LogP contribution in [0, 0.1) is 0 Å². The minimum Gasteiger partial charge on any atom is -0.396 e. The quantitative estimate of drug-likeness (QED) is 0.0801. The number of rotatable bonds is 14. The van der Waals surface area contributed by atoms with Crippen molar-refractivity contribution in [2.24, 2.45) is 5.16 Å². The average molecular weight is 455 g/mol. The number of allylic oxidation sites excluding steroid dienone is 5. The maximum atomic E-state index is 11.5. The topological polar surface area (TPSA) is 58.0 Å². The van der Waals surface area contributed by atoms with Gasteiger partial charge in [-0.2, -0.15) is 0 Å². The molecule has 1 aliphatic heterocycles. The average Bonchev–Trinajstić information content (AvgIpc) is 3.27. The van der Waals surface area contributed by atoms with Gasteiger partial charge in [0.15, 0.2) is 5.78 Å². The number of pyridine rings is 1. The molecule has 0 spiro atoms. The highest BCUT2D eigenvalue weighted by Crippen LogP contribution is 2.31. The van der Waals surface area contributed by atoms with Crippen molar-refractivity contribution in [2.75, 3.05) is 17.5 Å². The van der Waals surface area contributed by atoms with E-state index in [0.717, 1.165) is 30.6 Å². The molecule has 0 unspecified atom stereocenters. The van der Waals surface area contributed by atoms with Crippen molar-refractivity contribution < 1.29 is 9.63 Å². The van der Waals surface area contributed by atoms with E-state index in [1.165, 1.54) is 31.8 Å². The third kappa shape index (κ3) is 9.14. The number of ketones is 1. The maximum absolute atomic E-state index is 11.5. The van der Waals surface area contributed by atoms with E-state index < -0.39 is 0 Å². The van der Waals surface area contributed by atoms with Gasteiger partial charge >= 0.3 is 0 Å². The highest BCUT2D eigenvalue weighted by Gasteiger charge is 2.16. The van der Waals surface area contributed by atoms with Gasteiger partial charge < -0.3 is 9.14 Å². The van der Waals surface area contributed by atoms with Gasteiger partial charge in [0, 0.05) is 32.1 Å². The number of anilines is 1. The van der Waals surface area contributed by atoms with Gasteiger partial charge in [-0.05, 0) is 50.8 Å². The van der Waals surface area contributed by atoms with Crippen LogP contribution in [-0.4, -0.2) is 34.4 Å². The molecule has 7 heteroatoms. The monoisotopic (exact) mass is 454 g/mol. The van der Waals surface area contributed by atoms with Crippen molar-refractivity contribution in [3.8, 4) is 0 Å². The zero-order chi connectivity index (χ0) is 23.2.